The molecule has 0 radical (unpaired) electrons. The van der Waals surface area contributed by atoms with Crippen LogP contribution in [0.3, 0.4) is 0 Å². The van der Waals surface area contributed by atoms with E-state index in [1.165, 1.54) is 13.8 Å². The van der Waals surface area contributed by atoms with Crippen LogP contribution in [-0.2, 0) is 4.79 Å². The molecular formula is C13H15N3O2. The monoisotopic (exact) mass is 245 g/mol. The van der Waals surface area contributed by atoms with E-state index in [1.807, 2.05) is 0 Å². The summed E-state index contributed by atoms with van der Waals surface area (Å²) in [5, 5.41) is 14.6. The summed E-state index contributed by atoms with van der Waals surface area (Å²) in [4.78, 5) is 21.9. The number of anilines is 1. The van der Waals surface area contributed by atoms with Gasteiger partial charge in [-0.1, -0.05) is 0 Å². The van der Waals surface area contributed by atoms with Crippen molar-refractivity contribution in [1.82, 2.24) is 5.32 Å². The van der Waals surface area contributed by atoms with Gasteiger partial charge in [-0.2, -0.15) is 5.26 Å². The van der Waals surface area contributed by atoms with Crippen molar-refractivity contribution < 1.29 is 9.59 Å². The van der Waals surface area contributed by atoms with Gasteiger partial charge >= 0.3 is 0 Å². The molecule has 0 atom stereocenters. The number of hydrogen-bond donors (Lipinski definition) is 2. The van der Waals surface area contributed by atoms with Crippen molar-refractivity contribution in [3.63, 3.8) is 0 Å². The number of ketones is 1. The van der Waals surface area contributed by atoms with E-state index in [0.29, 0.717) is 29.9 Å². The van der Waals surface area contributed by atoms with Gasteiger partial charge in [0.15, 0.2) is 5.78 Å². The zero-order chi connectivity index (χ0) is 13.5. The Labute approximate surface area is 106 Å². The predicted molar refractivity (Wildman–Crippen MR) is 68.3 cm³/mol. The highest BCUT2D eigenvalue weighted by Crippen LogP contribution is 2.17. The Morgan fingerprint density at radius 2 is 2.00 bits per heavy atom. The first-order chi connectivity index (χ1) is 8.54. The van der Waals surface area contributed by atoms with Gasteiger partial charge in [0, 0.05) is 25.6 Å². The van der Waals surface area contributed by atoms with Gasteiger partial charge in [0.25, 0.3) is 0 Å². The summed E-state index contributed by atoms with van der Waals surface area (Å²) in [5.41, 5.74) is 1.63. The van der Waals surface area contributed by atoms with Gasteiger partial charge in [-0.15, -0.1) is 0 Å². The van der Waals surface area contributed by atoms with Gasteiger partial charge in [-0.05, 0) is 25.1 Å². The first kappa shape index (κ1) is 13.7. The number of nitrogens with zero attached hydrogens (tertiary/aromatic N) is 1. The van der Waals surface area contributed by atoms with E-state index in [1.54, 1.807) is 18.2 Å². The number of amides is 1. The van der Waals surface area contributed by atoms with Crippen molar-refractivity contribution in [2.75, 3.05) is 18.4 Å². The minimum Gasteiger partial charge on any atom is -0.382 e. The third kappa shape index (κ3) is 3.91. The highest BCUT2D eigenvalue weighted by Gasteiger charge is 2.05. The molecule has 94 valence electrons. The fourth-order valence-corrected chi connectivity index (χ4v) is 1.44. The molecule has 0 fully saturated rings. The maximum atomic E-state index is 11.2. The Morgan fingerprint density at radius 3 is 2.56 bits per heavy atom. The fourth-order valence-electron chi connectivity index (χ4n) is 1.44. The van der Waals surface area contributed by atoms with Gasteiger partial charge < -0.3 is 10.6 Å². The Kier molecular flexibility index (Phi) is 4.88. The molecule has 0 heterocycles. The molecule has 1 rings (SSSR count). The third-order valence-electron chi connectivity index (χ3n) is 2.36. The number of carbonyl (C=O) groups excluding carboxylic acids is 2. The second kappa shape index (κ2) is 6.40. The van der Waals surface area contributed by atoms with Gasteiger partial charge in [0.05, 0.1) is 11.3 Å². The molecule has 1 aromatic carbocycles. The molecule has 0 bridgehead atoms. The van der Waals surface area contributed by atoms with Gasteiger partial charge in [0.1, 0.15) is 6.07 Å². The van der Waals surface area contributed by atoms with Crippen molar-refractivity contribution in [1.29, 1.82) is 5.26 Å². The minimum absolute atomic E-state index is 0.0515. The maximum absolute atomic E-state index is 11.2. The largest absolute Gasteiger partial charge is 0.382 e. The molecule has 0 aliphatic carbocycles. The van der Waals surface area contributed by atoms with Crippen LogP contribution >= 0.6 is 0 Å². The number of benzene rings is 1. The lowest BCUT2D eigenvalue weighted by molar-refractivity contribution is -0.118. The molecule has 1 amide bonds. The van der Waals surface area contributed by atoms with Crippen LogP contribution in [0.15, 0.2) is 18.2 Å². The number of rotatable bonds is 5. The zero-order valence-corrected chi connectivity index (χ0v) is 10.4. The first-order valence-electron chi connectivity index (χ1n) is 5.58. The van der Waals surface area contributed by atoms with E-state index in [2.05, 4.69) is 16.7 Å². The topological polar surface area (TPSA) is 82.0 Å². The third-order valence-corrected chi connectivity index (χ3v) is 2.36. The van der Waals surface area contributed by atoms with Crippen molar-refractivity contribution in [3.8, 4) is 6.07 Å². The number of nitriles is 1. The SMILES string of the molecule is CC(=O)NCCNc1cc(C(C)=O)ccc1C#N. The van der Waals surface area contributed by atoms with E-state index < -0.39 is 0 Å². The van der Waals surface area contributed by atoms with E-state index in [4.69, 9.17) is 5.26 Å². The van der Waals surface area contributed by atoms with Crippen LogP contribution in [0.4, 0.5) is 5.69 Å². The molecule has 2 N–H and O–H groups in total. The van der Waals surface area contributed by atoms with Crippen molar-refractivity contribution >= 4 is 17.4 Å². The zero-order valence-electron chi connectivity index (χ0n) is 10.4. The molecule has 0 aromatic heterocycles. The molecule has 5 nitrogen and oxygen atoms in total. The molecule has 0 aliphatic rings. The normalized spacial score (nSPS) is 9.39. The molecule has 0 unspecified atom stereocenters. The van der Waals surface area contributed by atoms with E-state index >= 15 is 0 Å². The van der Waals surface area contributed by atoms with Crippen LogP contribution in [0.25, 0.3) is 0 Å². The number of Topliss-reactive ketones (excluding diaryl/α,β-unsaturated/α-hetero) is 1. The fraction of sp³-hybridized carbons (Fsp3) is 0.308. The van der Waals surface area contributed by atoms with Crippen LogP contribution in [0.2, 0.25) is 0 Å². The average molecular weight is 245 g/mol. The summed E-state index contributed by atoms with van der Waals surface area (Å²) >= 11 is 0. The Balaban J connectivity index is 2.73. The van der Waals surface area contributed by atoms with Crippen molar-refractivity contribution in [3.05, 3.63) is 29.3 Å². The van der Waals surface area contributed by atoms with E-state index in [-0.39, 0.29) is 11.7 Å². The summed E-state index contributed by atoms with van der Waals surface area (Å²) < 4.78 is 0. The maximum Gasteiger partial charge on any atom is 0.216 e. The number of carbonyl (C=O) groups is 2. The molecule has 18 heavy (non-hydrogen) atoms. The summed E-state index contributed by atoms with van der Waals surface area (Å²) in [6.07, 6.45) is 0. The van der Waals surface area contributed by atoms with Gasteiger partial charge in [-0.25, -0.2) is 0 Å². The molecule has 0 saturated heterocycles. The Bertz CT molecular complexity index is 503. The molecular weight excluding hydrogens is 230 g/mol. The lowest BCUT2D eigenvalue weighted by atomic mass is 10.1. The summed E-state index contributed by atoms with van der Waals surface area (Å²) in [6, 6.07) is 6.93. The Morgan fingerprint density at radius 1 is 1.28 bits per heavy atom. The molecule has 0 spiro atoms. The van der Waals surface area contributed by atoms with E-state index in [0.717, 1.165) is 0 Å². The lowest BCUT2D eigenvalue weighted by Gasteiger charge is -2.09. The predicted octanol–water partition coefficient (Wildman–Crippen LogP) is 1.31. The number of hydrogen-bond acceptors (Lipinski definition) is 4. The highest BCUT2D eigenvalue weighted by atomic mass is 16.1. The molecule has 0 saturated carbocycles. The minimum atomic E-state index is -0.102. The van der Waals surface area contributed by atoms with Gasteiger partial charge in [0.2, 0.25) is 5.91 Å². The van der Waals surface area contributed by atoms with Gasteiger partial charge in [-0.3, -0.25) is 9.59 Å². The van der Waals surface area contributed by atoms with Crippen LogP contribution in [0.5, 0.6) is 0 Å². The van der Waals surface area contributed by atoms with Crippen LogP contribution in [-0.4, -0.2) is 24.8 Å². The highest BCUT2D eigenvalue weighted by molar-refractivity contribution is 5.95. The van der Waals surface area contributed by atoms with Crippen LogP contribution < -0.4 is 10.6 Å². The van der Waals surface area contributed by atoms with Crippen LogP contribution in [0.1, 0.15) is 29.8 Å². The summed E-state index contributed by atoms with van der Waals surface area (Å²) in [6.45, 7) is 3.87. The Hall–Kier alpha value is -2.35. The second-order valence-corrected chi connectivity index (χ2v) is 3.84. The standard InChI is InChI=1S/C13H15N3O2/c1-9(17)11-3-4-12(8-14)13(7-11)16-6-5-15-10(2)18/h3-4,7,16H,5-6H2,1-2H3,(H,15,18). The molecule has 0 aliphatic heterocycles. The first-order valence-corrected chi connectivity index (χ1v) is 5.58. The lowest BCUT2D eigenvalue weighted by Crippen LogP contribution is -2.26. The molecule has 5 heteroatoms. The molecule has 1 aromatic rings. The summed E-state index contributed by atoms with van der Waals surface area (Å²) in [5.74, 6) is -0.154. The smallest absolute Gasteiger partial charge is 0.216 e. The van der Waals surface area contributed by atoms with Crippen molar-refractivity contribution in [2.24, 2.45) is 0 Å². The number of nitrogens with one attached hydrogen (secondary N) is 2. The average Bonchev–Trinajstić information content (AvgIpc) is 2.34. The second-order valence-electron chi connectivity index (χ2n) is 3.84. The summed E-state index contributed by atoms with van der Waals surface area (Å²) in [7, 11) is 0. The quantitative estimate of drug-likeness (QED) is 0.605. The van der Waals surface area contributed by atoms with E-state index in [9.17, 15) is 9.59 Å². The van der Waals surface area contributed by atoms with Crippen molar-refractivity contribution in [2.45, 2.75) is 13.8 Å². The van der Waals surface area contributed by atoms with Crippen LogP contribution in [0, 0.1) is 11.3 Å².